The molecule has 1 amide bonds. The Labute approximate surface area is 136 Å². The van der Waals surface area contributed by atoms with E-state index < -0.39 is 0 Å². The number of benzene rings is 2. The number of carbonyl (C=O) groups excluding carboxylic acids is 1. The molecule has 5 nitrogen and oxygen atoms in total. The maximum absolute atomic E-state index is 12.3. The highest BCUT2D eigenvalue weighted by atomic mass is 79.9. The van der Waals surface area contributed by atoms with Crippen molar-refractivity contribution >= 4 is 54.5 Å². The largest absolute Gasteiger partial charge is 0.323 e. The monoisotopic (exact) mass is 409 g/mol. The zero-order valence-electron chi connectivity index (χ0n) is 10.5. The van der Waals surface area contributed by atoms with E-state index in [1.165, 1.54) is 0 Å². The van der Waals surface area contributed by atoms with Crippen LogP contribution in [0.1, 0.15) is 10.4 Å². The van der Waals surface area contributed by atoms with Crippen molar-refractivity contribution in [2.24, 2.45) is 0 Å². The third-order valence-corrected chi connectivity index (χ3v) is 4.32. The molecule has 0 bridgehead atoms. The molecular formula is C14H9Br2N3O2. The number of nitrogens with one attached hydrogen (secondary N) is 3. The summed E-state index contributed by atoms with van der Waals surface area (Å²) in [7, 11) is 0. The normalized spacial score (nSPS) is 10.8. The van der Waals surface area contributed by atoms with E-state index in [9.17, 15) is 9.59 Å². The van der Waals surface area contributed by atoms with Crippen molar-refractivity contribution < 1.29 is 4.79 Å². The summed E-state index contributed by atoms with van der Waals surface area (Å²) in [4.78, 5) is 28.9. The molecular weight excluding hydrogens is 402 g/mol. The molecule has 0 saturated carbocycles. The van der Waals surface area contributed by atoms with E-state index in [4.69, 9.17) is 0 Å². The second kappa shape index (κ2) is 5.50. The van der Waals surface area contributed by atoms with Crippen LogP contribution in [-0.4, -0.2) is 15.9 Å². The smallest absolute Gasteiger partial charge is 0.321 e. The van der Waals surface area contributed by atoms with E-state index in [1.54, 1.807) is 30.3 Å². The number of fused-ring (bicyclic) bond motifs is 1. The first-order valence-electron chi connectivity index (χ1n) is 6.02. The quantitative estimate of drug-likeness (QED) is 0.603. The van der Waals surface area contributed by atoms with Crippen molar-refractivity contribution in [3.63, 3.8) is 0 Å². The van der Waals surface area contributed by atoms with Gasteiger partial charge in [0.2, 0.25) is 0 Å². The topological polar surface area (TPSA) is 77.8 Å². The van der Waals surface area contributed by atoms with Crippen molar-refractivity contribution in [2.45, 2.75) is 0 Å². The van der Waals surface area contributed by atoms with E-state index in [0.717, 1.165) is 4.47 Å². The number of hydrogen-bond donors (Lipinski definition) is 3. The molecule has 3 aromatic rings. The van der Waals surface area contributed by atoms with Crippen molar-refractivity contribution in [2.75, 3.05) is 5.32 Å². The average Bonchev–Trinajstić information content (AvgIpc) is 2.78. The molecule has 1 aromatic heterocycles. The summed E-state index contributed by atoms with van der Waals surface area (Å²) in [5, 5.41) is 2.82. The van der Waals surface area contributed by atoms with Gasteiger partial charge in [-0.15, -0.1) is 0 Å². The summed E-state index contributed by atoms with van der Waals surface area (Å²) in [5.74, 6) is -0.236. The average molecular weight is 411 g/mol. The first-order chi connectivity index (χ1) is 10.0. The van der Waals surface area contributed by atoms with Gasteiger partial charge in [-0.1, -0.05) is 12.1 Å². The fourth-order valence-corrected chi connectivity index (χ4v) is 2.89. The van der Waals surface area contributed by atoms with Gasteiger partial charge in [-0.05, 0) is 56.1 Å². The van der Waals surface area contributed by atoms with Gasteiger partial charge >= 0.3 is 5.69 Å². The summed E-state index contributed by atoms with van der Waals surface area (Å²) in [6.45, 7) is 0. The number of aromatic amines is 2. The van der Waals surface area contributed by atoms with E-state index in [2.05, 4.69) is 47.1 Å². The molecule has 0 aliphatic heterocycles. The van der Waals surface area contributed by atoms with Gasteiger partial charge in [0, 0.05) is 8.95 Å². The van der Waals surface area contributed by atoms with E-state index in [0.29, 0.717) is 26.8 Å². The van der Waals surface area contributed by atoms with E-state index >= 15 is 0 Å². The molecule has 0 aliphatic carbocycles. The fourth-order valence-electron chi connectivity index (χ4n) is 1.99. The molecule has 0 fully saturated rings. The maximum Gasteiger partial charge on any atom is 0.323 e. The second-order valence-corrected chi connectivity index (χ2v) is 6.10. The highest BCUT2D eigenvalue weighted by molar-refractivity contribution is 9.11. The molecule has 0 atom stereocenters. The minimum Gasteiger partial charge on any atom is -0.321 e. The molecule has 2 aromatic carbocycles. The van der Waals surface area contributed by atoms with Crippen LogP contribution in [0.25, 0.3) is 11.0 Å². The molecule has 0 radical (unpaired) electrons. The Hall–Kier alpha value is -1.86. The van der Waals surface area contributed by atoms with Crippen molar-refractivity contribution in [1.82, 2.24) is 9.97 Å². The summed E-state index contributed by atoms with van der Waals surface area (Å²) < 4.78 is 1.40. The van der Waals surface area contributed by atoms with Crippen LogP contribution >= 0.6 is 31.9 Å². The number of hydrogen-bond acceptors (Lipinski definition) is 2. The molecule has 7 heteroatoms. The SMILES string of the molecule is O=C(Nc1cc2[nH]c(=O)[nH]c2cc1Br)c1ccccc1Br. The number of anilines is 1. The van der Waals surface area contributed by atoms with Crippen LogP contribution in [0.4, 0.5) is 5.69 Å². The lowest BCUT2D eigenvalue weighted by atomic mass is 10.2. The standard InChI is InChI=1S/C14H9Br2N3O2/c15-8-4-2-1-3-7(8)13(20)17-10-6-12-11(5-9(10)16)18-14(21)19-12/h1-6H,(H,17,20)(H2,18,19,21). The number of imidazole rings is 1. The molecule has 3 N–H and O–H groups in total. The summed E-state index contributed by atoms with van der Waals surface area (Å²) in [6.07, 6.45) is 0. The molecule has 0 aliphatic rings. The number of carbonyl (C=O) groups is 1. The van der Waals surface area contributed by atoms with Gasteiger partial charge in [0.15, 0.2) is 0 Å². The van der Waals surface area contributed by atoms with E-state index in [-0.39, 0.29) is 11.6 Å². The third-order valence-electron chi connectivity index (χ3n) is 2.97. The Morgan fingerprint density at radius 1 is 1.00 bits per heavy atom. The van der Waals surface area contributed by atoms with E-state index in [1.807, 2.05) is 6.07 Å². The van der Waals surface area contributed by atoms with Gasteiger partial charge in [-0.25, -0.2) is 4.79 Å². The molecule has 0 unspecified atom stereocenters. The summed E-state index contributed by atoms with van der Waals surface area (Å²) >= 11 is 6.73. The zero-order valence-corrected chi connectivity index (χ0v) is 13.7. The number of aromatic nitrogens is 2. The maximum atomic E-state index is 12.3. The Morgan fingerprint density at radius 2 is 1.67 bits per heavy atom. The molecule has 0 saturated heterocycles. The summed E-state index contributed by atoms with van der Waals surface area (Å²) in [6, 6.07) is 10.6. The van der Waals surface area contributed by atoms with Crippen LogP contribution < -0.4 is 11.0 Å². The Kier molecular flexibility index (Phi) is 3.69. The highest BCUT2D eigenvalue weighted by Crippen LogP contribution is 2.27. The number of rotatable bonds is 2. The number of H-pyrrole nitrogens is 2. The molecule has 3 rings (SSSR count). The second-order valence-electron chi connectivity index (χ2n) is 4.39. The van der Waals surface area contributed by atoms with Gasteiger partial charge in [-0.3, -0.25) is 4.79 Å². The molecule has 106 valence electrons. The van der Waals surface area contributed by atoms with Crippen LogP contribution in [0, 0.1) is 0 Å². The lowest BCUT2D eigenvalue weighted by molar-refractivity contribution is 0.102. The Bertz CT molecular complexity index is 899. The minimum absolute atomic E-state index is 0.236. The molecule has 0 spiro atoms. The first-order valence-corrected chi connectivity index (χ1v) is 7.60. The molecule has 1 heterocycles. The van der Waals surface area contributed by atoms with Crippen LogP contribution in [0.2, 0.25) is 0 Å². The highest BCUT2D eigenvalue weighted by Gasteiger charge is 2.12. The lowest BCUT2D eigenvalue weighted by Crippen LogP contribution is -2.12. The fraction of sp³-hybridized carbons (Fsp3) is 0. The van der Waals surface area contributed by atoms with Crippen molar-refractivity contribution in [1.29, 1.82) is 0 Å². The van der Waals surface area contributed by atoms with Crippen LogP contribution in [-0.2, 0) is 0 Å². The Morgan fingerprint density at radius 3 is 2.38 bits per heavy atom. The van der Waals surface area contributed by atoms with Gasteiger partial charge < -0.3 is 15.3 Å². The van der Waals surface area contributed by atoms with Crippen molar-refractivity contribution in [3.05, 3.63) is 61.4 Å². The van der Waals surface area contributed by atoms with Gasteiger partial charge in [0.05, 0.1) is 22.3 Å². The lowest BCUT2D eigenvalue weighted by Gasteiger charge is -2.08. The van der Waals surface area contributed by atoms with Crippen LogP contribution in [0.3, 0.4) is 0 Å². The van der Waals surface area contributed by atoms with Gasteiger partial charge in [-0.2, -0.15) is 0 Å². The minimum atomic E-state index is -0.286. The predicted molar refractivity (Wildman–Crippen MR) is 88.7 cm³/mol. The molecule has 21 heavy (non-hydrogen) atoms. The first kappa shape index (κ1) is 14.1. The van der Waals surface area contributed by atoms with Crippen LogP contribution in [0.15, 0.2) is 50.1 Å². The summed E-state index contributed by atoms with van der Waals surface area (Å²) in [5.41, 5.74) is 2.13. The third kappa shape index (κ3) is 2.79. The van der Waals surface area contributed by atoms with Crippen molar-refractivity contribution in [3.8, 4) is 0 Å². The predicted octanol–water partition coefficient (Wildman–Crippen LogP) is 3.63. The number of halogens is 2. The van der Waals surface area contributed by atoms with Gasteiger partial charge in [0.25, 0.3) is 5.91 Å². The van der Waals surface area contributed by atoms with Gasteiger partial charge in [0.1, 0.15) is 0 Å². The number of amides is 1. The zero-order chi connectivity index (χ0) is 15.0. The Balaban J connectivity index is 1.98. The van der Waals surface area contributed by atoms with Crippen LogP contribution in [0.5, 0.6) is 0 Å².